The van der Waals surface area contributed by atoms with Crippen molar-refractivity contribution in [1.82, 2.24) is 5.32 Å². The second-order valence-electron chi connectivity index (χ2n) is 4.67. The predicted octanol–water partition coefficient (Wildman–Crippen LogP) is 3.10. The monoisotopic (exact) mass is 311 g/mol. The summed E-state index contributed by atoms with van der Waals surface area (Å²) >= 11 is 5.25. The van der Waals surface area contributed by atoms with Gasteiger partial charge in [-0.15, -0.1) is 0 Å². The standard InChI is InChI=1S/C17H17N3OS/c1-21-16-7-5-13(6-8-16)9-10-19-17(22)20-15-4-2-3-14(11-15)12-18/h2-8,11H,9-10H2,1H3,(H2,19,20,22). The van der Waals surface area contributed by atoms with Crippen LogP contribution in [0, 0.1) is 11.3 Å². The Kier molecular flexibility index (Phi) is 5.75. The number of hydrogen-bond donors (Lipinski definition) is 2. The highest BCUT2D eigenvalue weighted by Crippen LogP contribution is 2.11. The van der Waals surface area contributed by atoms with Crippen LogP contribution in [-0.4, -0.2) is 18.8 Å². The van der Waals surface area contributed by atoms with E-state index in [9.17, 15) is 0 Å². The Morgan fingerprint density at radius 3 is 2.68 bits per heavy atom. The maximum Gasteiger partial charge on any atom is 0.170 e. The fourth-order valence-electron chi connectivity index (χ4n) is 1.95. The zero-order chi connectivity index (χ0) is 15.8. The average molecular weight is 311 g/mol. The van der Waals surface area contributed by atoms with Crippen molar-refractivity contribution in [2.75, 3.05) is 19.0 Å². The van der Waals surface area contributed by atoms with Crippen molar-refractivity contribution >= 4 is 23.0 Å². The van der Waals surface area contributed by atoms with Gasteiger partial charge in [-0.05, 0) is 54.5 Å². The lowest BCUT2D eigenvalue weighted by Crippen LogP contribution is -2.30. The third-order valence-electron chi connectivity index (χ3n) is 3.11. The minimum atomic E-state index is 0.545. The number of thiocarbonyl (C=S) groups is 1. The summed E-state index contributed by atoms with van der Waals surface area (Å²) in [5, 5.41) is 15.6. The van der Waals surface area contributed by atoms with Gasteiger partial charge in [0.05, 0.1) is 18.7 Å². The van der Waals surface area contributed by atoms with Crippen LogP contribution in [-0.2, 0) is 6.42 Å². The van der Waals surface area contributed by atoms with Crippen molar-refractivity contribution in [2.45, 2.75) is 6.42 Å². The van der Waals surface area contributed by atoms with E-state index in [0.717, 1.165) is 24.4 Å². The number of nitrogens with one attached hydrogen (secondary N) is 2. The van der Waals surface area contributed by atoms with Gasteiger partial charge in [0, 0.05) is 12.2 Å². The lowest BCUT2D eigenvalue weighted by Gasteiger charge is -2.11. The molecule has 0 spiro atoms. The normalized spacial score (nSPS) is 9.64. The molecular formula is C17H17N3OS. The average Bonchev–Trinajstić information content (AvgIpc) is 2.55. The molecule has 0 heterocycles. The van der Waals surface area contributed by atoms with Gasteiger partial charge in [-0.3, -0.25) is 0 Å². The summed E-state index contributed by atoms with van der Waals surface area (Å²) in [5.41, 5.74) is 2.62. The number of methoxy groups -OCH3 is 1. The number of nitriles is 1. The van der Waals surface area contributed by atoms with Crippen LogP contribution < -0.4 is 15.4 Å². The second kappa shape index (κ2) is 8.01. The Morgan fingerprint density at radius 2 is 2.00 bits per heavy atom. The van der Waals surface area contributed by atoms with E-state index in [4.69, 9.17) is 22.2 Å². The quantitative estimate of drug-likeness (QED) is 0.831. The first-order chi connectivity index (χ1) is 10.7. The van der Waals surface area contributed by atoms with Gasteiger partial charge >= 0.3 is 0 Å². The minimum absolute atomic E-state index is 0.545. The van der Waals surface area contributed by atoms with Crippen molar-refractivity contribution in [3.63, 3.8) is 0 Å². The van der Waals surface area contributed by atoms with Crippen molar-refractivity contribution in [3.05, 3.63) is 59.7 Å². The maximum atomic E-state index is 8.87. The molecule has 0 bridgehead atoms. The number of rotatable bonds is 5. The van der Waals surface area contributed by atoms with Crippen LogP contribution in [0.1, 0.15) is 11.1 Å². The Balaban J connectivity index is 1.78. The Bertz CT molecular complexity index is 677. The van der Waals surface area contributed by atoms with Crippen LogP contribution >= 0.6 is 12.2 Å². The van der Waals surface area contributed by atoms with Gasteiger partial charge in [-0.2, -0.15) is 5.26 Å². The van der Waals surface area contributed by atoms with Crippen LogP contribution in [0.4, 0.5) is 5.69 Å². The number of hydrogen-bond acceptors (Lipinski definition) is 3. The third-order valence-corrected chi connectivity index (χ3v) is 3.35. The first-order valence-corrected chi connectivity index (χ1v) is 7.30. The van der Waals surface area contributed by atoms with Crippen molar-refractivity contribution in [2.24, 2.45) is 0 Å². The fourth-order valence-corrected chi connectivity index (χ4v) is 2.17. The summed E-state index contributed by atoms with van der Waals surface area (Å²) in [6.45, 7) is 0.732. The van der Waals surface area contributed by atoms with Crippen molar-refractivity contribution < 1.29 is 4.74 Å². The summed E-state index contributed by atoms with van der Waals surface area (Å²) in [4.78, 5) is 0. The van der Waals surface area contributed by atoms with E-state index in [-0.39, 0.29) is 0 Å². The van der Waals surface area contributed by atoms with E-state index in [2.05, 4.69) is 16.7 Å². The van der Waals surface area contributed by atoms with Gasteiger partial charge in [0.25, 0.3) is 0 Å². The molecule has 112 valence electrons. The zero-order valence-electron chi connectivity index (χ0n) is 12.3. The van der Waals surface area contributed by atoms with E-state index in [1.807, 2.05) is 36.4 Å². The van der Waals surface area contributed by atoms with Crippen LogP contribution in [0.3, 0.4) is 0 Å². The molecule has 0 amide bonds. The third kappa shape index (κ3) is 4.76. The number of nitrogens with zero attached hydrogens (tertiary/aromatic N) is 1. The van der Waals surface area contributed by atoms with E-state index in [0.29, 0.717) is 10.7 Å². The molecule has 0 unspecified atom stereocenters. The van der Waals surface area contributed by atoms with Crippen LogP contribution in [0.2, 0.25) is 0 Å². The number of benzene rings is 2. The molecule has 2 aromatic carbocycles. The summed E-state index contributed by atoms with van der Waals surface area (Å²) in [5.74, 6) is 0.853. The Labute approximate surface area is 135 Å². The molecule has 0 fully saturated rings. The molecule has 0 aromatic heterocycles. The molecule has 0 saturated carbocycles. The zero-order valence-corrected chi connectivity index (χ0v) is 13.1. The Hall–Kier alpha value is -2.58. The SMILES string of the molecule is COc1ccc(CCNC(=S)Nc2cccc(C#N)c2)cc1. The summed E-state index contributed by atoms with van der Waals surface area (Å²) in [6.07, 6.45) is 0.865. The molecule has 0 atom stereocenters. The molecule has 0 aliphatic heterocycles. The molecule has 2 aromatic rings. The van der Waals surface area contributed by atoms with Crippen molar-refractivity contribution in [1.29, 1.82) is 5.26 Å². The molecule has 4 nitrogen and oxygen atoms in total. The smallest absolute Gasteiger partial charge is 0.170 e. The van der Waals surface area contributed by atoms with Gasteiger partial charge in [-0.25, -0.2) is 0 Å². The van der Waals surface area contributed by atoms with Gasteiger partial charge < -0.3 is 15.4 Å². The summed E-state index contributed by atoms with van der Waals surface area (Å²) in [6, 6.07) is 17.3. The number of ether oxygens (including phenoxy) is 1. The van der Waals surface area contributed by atoms with Crippen LogP contribution in [0.15, 0.2) is 48.5 Å². The molecule has 0 aliphatic carbocycles. The summed E-state index contributed by atoms with van der Waals surface area (Å²) < 4.78 is 5.13. The fraction of sp³-hybridized carbons (Fsp3) is 0.176. The van der Waals surface area contributed by atoms with Gasteiger partial charge in [-0.1, -0.05) is 18.2 Å². The molecule has 22 heavy (non-hydrogen) atoms. The van der Waals surface area contributed by atoms with Crippen LogP contribution in [0.5, 0.6) is 5.75 Å². The first-order valence-electron chi connectivity index (χ1n) is 6.89. The van der Waals surface area contributed by atoms with Gasteiger partial charge in [0.2, 0.25) is 0 Å². The van der Waals surface area contributed by atoms with E-state index in [1.54, 1.807) is 19.2 Å². The molecule has 5 heteroatoms. The van der Waals surface area contributed by atoms with E-state index >= 15 is 0 Å². The largest absolute Gasteiger partial charge is 0.497 e. The maximum absolute atomic E-state index is 8.87. The highest BCUT2D eigenvalue weighted by atomic mass is 32.1. The number of anilines is 1. The molecular weight excluding hydrogens is 294 g/mol. The van der Waals surface area contributed by atoms with Gasteiger partial charge in [0.1, 0.15) is 5.75 Å². The van der Waals surface area contributed by atoms with Crippen LogP contribution in [0.25, 0.3) is 0 Å². The lowest BCUT2D eigenvalue weighted by molar-refractivity contribution is 0.414. The summed E-state index contributed by atoms with van der Waals surface area (Å²) in [7, 11) is 1.65. The van der Waals surface area contributed by atoms with E-state index < -0.39 is 0 Å². The predicted molar refractivity (Wildman–Crippen MR) is 92.1 cm³/mol. The van der Waals surface area contributed by atoms with Gasteiger partial charge in [0.15, 0.2) is 5.11 Å². The first kappa shape index (κ1) is 15.8. The molecule has 0 aliphatic rings. The second-order valence-corrected chi connectivity index (χ2v) is 5.08. The lowest BCUT2D eigenvalue weighted by atomic mass is 10.1. The molecule has 0 saturated heterocycles. The highest BCUT2D eigenvalue weighted by molar-refractivity contribution is 7.80. The Morgan fingerprint density at radius 1 is 1.23 bits per heavy atom. The van der Waals surface area contributed by atoms with Crippen molar-refractivity contribution in [3.8, 4) is 11.8 Å². The molecule has 2 N–H and O–H groups in total. The minimum Gasteiger partial charge on any atom is -0.497 e. The van der Waals surface area contributed by atoms with E-state index in [1.165, 1.54) is 5.56 Å². The molecule has 0 radical (unpaired) electrons. The molecule has 2 rings (SSSR count). The highest BCUT2D eigenvalue weighted by Gasteiger charge is 1.99. The topological polar surface area (TPSA) is 57.1 Å².